The van der Waals surface area contributed by atoms with Crippen LogP contribution < -0.4 is 4.74 Å². The molecule has 0 unspecified atom stereocenters. The maximum absolute atomic E-state index is 9.16. The third-order valence-electron chi connectivity index (χ3n) is 4.63. The van der Waals surface area contributed by atoms with Gasteiger partial charge in [-0.2, -0.15) is 9.97 Å². The highest BCUT2D eigenvalue weighted by atomic mass is 32.1. The van der Waals surface area contributed by atoms with E-state index >= 15 is 0 Å². The fourth-order valence-corrected chi connectivity index (χ4v) is 4.87. The van der Waals surface area contributed by atoms with Crippen molar-refractivity contribution >= 4 is 32.8 Å². The fraction of sp³-hybridized carbons (Fsp3) is 0.273. The molecule has 0 aliphatic heterocycles. The molecule has 0 atom stereocenters. The highest BCUT2D eigenvalue weighted by Crippen LogP contribution is 2.35. The van der Waals surface area contributed by atoms with E-state index in [4.69, 9.17) is 14.9 Å². The van der Waals surface area contributed by atoms with Gasteiger partial charge in [0.2, 0.25) is 0 Å². The Balaban J connectivity index is 1.60. The number of ether oxygens (including phenoxy) is 1. The zero-order valence-electron chi connectivity index (χ0n) is 16.4. The molecule has 2 N–H and O–H groups in total. The highest BCUT2D eigenvalue weighted by Gasteiger charge is 2.13. The van der Waals surface area contributed by atoms with Gasteiger partial charge in [-0.3, -0.25) is 4.90 Å². The predicted molar refractivity (Wildman–Crippen MR) is 122 cm³/mol. The first-order valence-corrected chi connectivity index (χ1v) is 11.4. The Morgan fingerprint density at radius 1 is 0.867 bits per heavy atom. The normalized spacial score (nSPS) is 11.4. The maximum Gasteiger partial charge on any atom is 0.317 e. The minimum Gasteiger partial charge on any atom is -0.462 e. The van der Waals surface area contributed by atoms with Crippen molar-refractivity contribution in [3.63, 3.8) is 0 Å². The number of aliphatic hydroxyl groups is 2. The van der Waals surface area contributed by atoms with Gasteiger partial charge in [-0.25, -0.2) is 0 Å². The second kappa shape index (κ2) is 10.1. The number of benzene rings is 1. The van der Waals surface area contributed by atoms with Crippen molar-refractivity contribution in [1.29, 1.82) is 0 Å². The minimum atomic E-state index is 0.0421. The van der Waals surface area contributed by atoms with E-state index in [-0.39, 0.29) is 13.2 Å². The van der Waals surface area contributed by atoms with Crippen LogP contribution in [-0.4, -0.2) is 64.5 Å². The number of nitrogens with zero attached hydrogens (tertiary/aromatic N) is 3. The molecule has 3 aromatic heterocycles. The summed E-state index contributed by atoms with van der Waals surface area (Å²) in [6.07, 6.45) is 0. The van der Waals surface area contributed by atoms with Crippen LogP contribution in [0.5, 0.6) is 6.01 Å². The first-order chi connectivity index (χ1) is 14.8. The van der Waals surface area contributed by atoms with Crippen LogP contribution >= 0.6 is 22.7 Å². The van der Waals surface area contributed by atoms with Crippen LogP contribution in [0.3, 0.4) is 0 Å². The van der Waals surface area contributed by atoms with E-state index in [0.717, 1.165) is 21.1 Å². The van der Waals surface area contributed by atoms with Crippen molar-refractivity contribution in [3.05, 3.63) is 53.9 Å². The Bertz CT molecular complexity index is 1040. The van der Waals surface area contributed by atoms with Crippen LogP contribution in [0, 0.1) is 0 Å². The summed E-state index contributed by atoms with van der Waals surface area (Å²) in [7, 11) is 0. The van der Waals surface area contributed by atoms with E-state index in [0.29, 0.717) is 32.3 Å². The number of fused-ring (bicyclic) bond motifs is 1. The summed E-state index contributed by atoms with van der Waals surface area (Å²) in [5.74, 6) is 0. The van der Waals surface area contributed by atoms with Gasteiger partial charge in [-0.1, -0.05) is 24.3 Å². The molecule has 1 aromatic carbocycles. The Hall–Kier alpha value is -2.36. The molecule has 3 heterocycles. The first kappa shape index (κ1) is 20.9. The van der Waals surface area contributed by atoms with Gasteiger partial charge in [-0.15, -0.1) is 22.7 Å². The molecule has 0 radical (unpaired) electrons. The Morgan fingerprint density at radius 2 is 1.63 bits per heavy atom. The zero-order valence-corrected chi connectivity index (χ0v) is 18.0. The van der Waals surface area contributed by atoms with Crippen molar-refractivity contribution in [1.82, 2.24) is 14.9 Å². The van der Waals surface area contributed by atoms with Gasteiger partial charge in [0.1, 0.15) is 6.61 Å². The summed E-state index contributed by atoms with van der Waals surface area (Å²) in [6, 6.07) is 16.8. The number of rotatable bonds is 10. The van der Waals surface area contributed by atoms with E-state index < -0.39 is 0 Å². The number of aromatic nitrogens is 2. The van der Waals surface area contributed by atoms with E-state index in [1.54, 1.807) is 22.7 Å². The summed E-state index contributed by atoms with van der Waals surface area (Å²) in [4.78, 5) is 13.3. The lowest BCUT2D eigenvalue weighted by Gasteiger charge is -2.19. The lowest BCUT2D eigenvalue weighted by Crippen LogP contribution is -2.33. The SMILES string of the molecule is OCCN(CCO)CCOc1nc(-c2cccs2)cc(-c2cc3ccccc3s2)n1. The van der Waals surface area contributed by atoms with Crippen LogP contribution in [0.4, 0.5) is 0 Å². The second-order valence-corrected chi connectivity index (χ2v) is 8.72. The van der Waals surface area contributed by atoms with E-state index in [1.807, 2.05) is 40.6 Å². The van der Waals surface area contributed by atoms with Gasteiger partial charge in [0.05, 0.1) is 34.4 Å². The first-order valence-electron chi connectivity index (χ1n) is 9.75. The molecule has 0 saturated carbocycles. The Labute approximate surface area is 183 Å². The van der Waals surface area contributed by atoms with Crippen molar-refractivity contribution in [2.75, 3.05) is 39.5 Å². The summed E-state index contributed by atoms with van der Waals surface area (Å²) in [6.45, 7) is 2.02. The van der Waals surface area contributed by atoms with Gasteiger partial charge in [0.15, 0.2) is 0 Å². The quantitative estimate of drug-likeness (QED) is 0.390. The number of thiophene rings is 2. The van der Waals surface area contributed by atoms with Gasteiger partial charge in [0.25, 0.3) is 0 Å². The topological polar surface area (TPSA) is 78.7 Å². The van der Waals surface area contributed by atoms with Crippen LogP contribution in [0.1, 0.15) is 0 Å². The average Bonchev–Trinajstić information content (AvgIpc) is 3.44. The molecular weight excluding hydrogens is 418 g/mol. The van der Waals surface area contributed by atoms with Crippen molar-refractivity contribution < 1.29 is 14.9 Å². The van der Waals surface area contributed by atoms with Crippen LogP contribution in [0.15, 0.2) is 53.9 Å². The molecule has 30 heavy (non-hydrogen) atoms. The smallest absolute Gasteiger partial charge is 0.317 e. The number of hydrogen-bond donors (Lipinski definition) is 2. The third kappa shape index (κ3) is 5.03. The molecule has 0 aliphatic rings. The number of aliphatic hydroxyl groups excluding tert-OH is 2. The van der Waals surface area contributed by atoms with E-state index in [2.05, 4.69) is 28.2 Å². The Morgan fingerprint density at radius 3 is 2.33 bits per heavy atom. The van der Waals surface area contributed by atoms with Gasteiger partial charge in [0, 0.05) is 24.3 Å². The van der Waals surface area contributed by atoms with Crippen molar-refractivity contribution in [2.24, 2.45) is 0 Å². The minimum absolute atomic E-state index is 0.0421. The maximum atomic E-state index is 9.16. The predicted octanol–water partition coefficient (Wildman–Crippen LogP) is 3.75. The standard InChI is InChI=1S/C22H23N3O3S2/c26-10-7-25(8-11-27)9-12-28-22-23-17(20-6-3-13-29-20)15-18(24-22)21-14-16-4-1-2-5-19(16)30-21/h1-6,13-15,26-27H,7-12H2. The summed E-state index contributed by atoms with van der Waals surface area (Å²) in [5, 5.41) is 21.5. The van der Waals surface area contributed by atoms with Crippen LogP contribution in [0.25, 0.3) is 31.2 Å². The average molecular weight is 442 g/mol. The molecule has 4 rings (SSSR count). The third-order valence-corrected chi connectivity index (χ3v) is 6.66. The summed E-state index contributed by atoms with van der Waals surface area (Å²) in [5.41, 5.74) is 1.68. The molecule has 0 aliphatic carbocycles. The van der Waals surface area contributed by atoms with E-state index in [9.17, 15) is 0 Å². The zero-order chi connectivity index (χ0) is 20.8. The molecule has 0 spiro atoms. The summed E-state index contributed by atoms with van der Waals surface area (Å²) >= 11 is 3.33. The molecule has 6 nitrogen and oxygen atoms in total. The van der Waals surface area contributed by atoms with Gasteiger partial charge >= 0.3 is 6.01 Å². The highest BCUT2D eigenvalue weighted by molar-refractivity contribution is 7.22. The molecule has 0 fully saturated rings. The Kier molecular flexibility index (Phi) is 7.03. The summed E-state index contributed by atoms with van der Waals surface area (Å²) < 4.78 is 7.10. The van der Waals surface area contributed by atoms with Gasteiger partial charge < -0.3 is 14.9 Å². The monoisotopic (exact) mass is 441 g/mol. The number of hydrogen-bond acceptors (Lipinski definition) is 8. The van der Waals surface area contributed by atoms with Crippen LogP contribution in [-0.2, 0) is 0 Å². The molecule has 0 amide bonds. The molecule has 156 valence electrons. The largest absolute Gasteiger partial charge is 0.462 e. The lowest BCUT2D eigenvalue weighted by atomic mass is 10.2. The van der Waals surface area contributed by atoms with Crippen LogP contribution in [0.2, 0.25) is 0 Å². The van der Waals surface area contributed by atoms with Crippen molar-refractivity contribution in [3.8, 4) is 27.2 Å². The van der Waals surface area contributed by atoms with E-state index in [1.165, 1.54) is 10.1 Å². The molecule has 0 bridgehead atoms. The van der Waals surface area contributed by atoms with Gasteiger partial charge in [-0.05, 0) is 35.0 Å². The molecule has 8 heteroatoms. The fourth-order valence-electron chi connectivity index (χ4n) is 3.16. The molecule has 4 aromatic rings. The van der Waals surface area contributed by atoms with Crippen molar-refractivity contribution in [2.45, 2.75) is 0 Å². The second-order valence-electron chi connectivity index (χ2n) is 6.68. The molecule has 0 saturated heterocycles. The molecular formula is C22H23N3O3S2. The lowest BCUT2D eigenvalue weighted by molar-refractivity contribution is 0.139.